The highest BCUT2D eigenvalue weighted by Crippen LogP contribution is 2.13. The minimum Gasteiger partial charge on any atom is -0.402 e. The summed E-state index contributed by atoms with van der Waals surface area (Å²) in [6.07, 6.45) is 8.44. The molecule has 0 spiro atoms. The monoisotopic (exact) mass is 345 g/mol. The Morgan fingerprint density at radius 1 is 1.40 bits per heavy atom. The highest BCUT2D eigenvalue weighted by molar-refractivity contribution is 5.93. The van der Waals surface area contributed by atoms with Crippen molar-refractivity contribution in [2.24, 2.45) is 22.4 Å². The zero-order chi connectivity index (χ0) is 18.2. The fourth-order valence-corrected chi connectivity index (χ4v) is 2.50. The fourth-order valence-electron chi connectivity index (χ4n) is 2.50. The van der Waals surface area contributed by atoms with Crippen LogP contribution in [0.15, 0.2) is 23.0 Å². The lowest BCUT2D eigenvalue weighted by Crippen LogP contribution is -2.25. The lowest BCUT2D eigenvalue weighted by molar-refractivity contribution is -0.524. The number of ether oxygens (including phenoxy) is 1. The van der Waals surface area contributed by atoms with E-state index in [0.29, 0.717) is 17.4 Å². The van der Waals surface area contributed by atoms with Crippen LogP contribution >= 0.6 is 0 Å². The van der Waals surface area contributed by atoms with Gasteiger partial charge in [-0.15, -0.1) is 0 Å². The molecule has 2 heterocycles. The van der Waals surface area contributed by atoms with Crippen molar-refractivity contribution >= 4 is 17.9 Å². The summed E-state index contributed by atoms with van der Waals surface area (Å²) in [4.78, 5) is 13.4. The van der Waals surface area contributed by atoms with Gasteiger partial charge in [0.1, 0.15) is 24.6 Å². The number of nitrogens with zero attached hydrogens (tertiary/aromatic N) is 4. The molecule has 1 aliphatic rings. The maximum absolute atomic E-state index is 5.92. The molecular weight excluding hydrogens is 316 g/mol. The molecule has 0 fully saturated rings. The highest BCUT2D eigenvalue weighted by atomic mass is 16.5. The molecule has 2 rings (SSSR count). The van der Waals surface area contributed by atoms with E-state index in [1.165, 1.54) is 0 Å². The van der Waals surface area contributed by atoms with E-state index < -0.39 is 0 Å². The summed E-state index contributed by atoms with van der Waals surface area (Å²) in [5.41, 5.74) is 14.4. The minimum atomic E-state index is 0.229. The van der Waals surface area contributed by atoms with Gasteiger partial charge in [0, 0.05) is 25.8 Å². The molecule has 1 aromatic heterocycles. The zero-order valence-electron chi connectivity index (χ0n) is 15.4. The Morgan fingerprint density at radius 2 is 2.20 bits per heavy atom. The number of hydrogen-bond donors (Lipinski definition) is 2. The number of aliphatic imine (C=N–C) groups is 1. The predicted molar refractivity (Wildman–Crippen MR) is 100 cm³/mol. The number of nitrogens with two attached hydrogens (primary N) is 2. The third-order valence-electron chi connectivity index (χ3n) is 4.07. The smallest absolute Gasteiger partial charge is 0.191 e. The number of unbranched alkanes of at least 4 members (excludes halogenated alkanes) is 1. The summed E-state index contributed by atoms with van der Waals surface area (Å²) in [6, 6.07) is 0. The number of methoxy groups -OCH3 is 1. The first-order valence-corrected chi connectivity index (χ1v) is 8.74. The van der Waals surface area contributed by atoms with Gasteiger partial charge in [-0.2, -0.15) is 0 Å². The summed E-state index contributed by atoms with van der Waals surface area (Å²) in [5.74, 6) is 1.10. The minimum absolute atomic E-state index is 0.229. The Balaban J connectivity index is 2.06. The first-order chi connectivity index (χ1) is 12.0. The Labute approximate surface area is 149 Å². The van der Waals surface area contributed by atoms with Gasteiger partial charge < -0.3 is 16.2 Å². The zero-order valence-corrected chi connectivity index (χ0v) is 15.4. The third-order valence-corrected chi connectivity index (χ3v) is 4.07. The van der Waals surface area contributed by atoms with Crippen molar-refractivity contribution in [3.63, 3.8) is 0 Å². The van der Waals surface area contributed by atoms with Crippen LogP contribution in [-0.4, -0.2) is 53.4 Å². The van der Waals surface area contributed by atoms with E-state index in [-0.39, 0.29) is 5.92 Å². The van der Waals surface area contributed by atoms with Crippen LogP contribution in [0.25, 0.3) is 0 Å². The molecule has 1 aromatic rings. The van der Waals surface area contributed by atoms with Crippen molar-refractivity contribution < 1.29 is 9.31 Å². The van der Waals surface area contributed by atoms with Gasteiger partial charge in [-0.3, -0.25) is 0 Å². The van der Waals surface area contributed by atoms with E-state index in [0.717, 1.165) is 50.3 Å². The van der Waals surface area contributed by atoms with E-state index in [1.807, 2.05) is 13.8 Å². The number of fused-ring (bicyclic) bond motifs is 1. The SMILES string of the molecule is COCCCC[N+]1=Cc2ncc(/N=C(N)\C=C(/N)C(C)C)nc2CC1. The first kappa shape index (κ1) is 19.1. The lowest BCUT2D eigenvalue weighted by Gasteiger charge is -2.11. The van der Waals surface area contributed by atoms with Crippen LogP contribution in [0.4, 0.5) is 5.82 Å². The molecule has 0 radical (unpaired) electrons. The van der Waals surface area contributed by atoms with Crippen molar-refractivity contribution in [1.82, 2.24) is 9.97 Å². The summed E-state index contributed by atoms with van der Waals surface area (Å²) in [7, 11) is 1.73. The molecule has 25 heavy (non-hydrogen) atoms. The second kappa shape index (κ2) is 9.27. The molecule has 0 aliphatic carbocycles. The van der Waals surface area contributed by atoms with Crippen molar-refractivity contribution in [3.8, 4) is 0 Å². The molecule has 7 nitrogen and oxygen atoms in total. The van der Waals surface area contributed by atoms with Gasteiger partial charge in [-0.25, -0.2) is 19.5 Å². The van der Waals surface area contributed by atoms with Crippen LogP contribution in [0, 0.1) is 5.92 Å². The van der Waals surface area contributed by atoms with Crippen LogP contribution in [0.3, 0.4) is 0 Å². The van der Waals surface area contributed by atoms with E-state index in [2.05, 4.69) is 25.8 Å². The second-order valence-electron chi connectivity index (χ2n) is 6.51. The largest absolute Gasteiger partial charge is 0.402 e. The Kier molecular flexibility index (Phi) is 7.06. The molecule has 4 N–H and O–H groups in total. The van der Waals surface area contributed by atoms with Crippen molar-refractivity contribution in [2.45, 2.75) is 33.1 Å². The van der Waals surface area contributed by atoms with Gasteiger partial charge in [0.2, 0.25) is 0 Å². The summed E-state index contributed by atoms with van der Waals surface area (Å²) >= 11 is 0. The first-order valence-electron chi connectivity index (χ1n) is 8.74. The van der Waals surface area contributed by atoms with Crippen LogP contribution in [0.2, 0.25) is 0 Å². The molecule has 0 bridgehead atoms. The van der Waals surface area contributed by atoms with Gasteiger partial charge in [0.05, 0.1) is 18.3 Å². The van der Waals surface area contributed by atoms with Gasteiger partial charge in [-0.1, -0.05) is 13.8 Å². The highest BCUT2D eigenvalue weighted by Gasteiger charge is 2.18. The standard InChI is InChI=1S/C18H28N6O/c1-13(2)14(19)10-17(20)23-18-11-21-16-12-24(7-4-5-9-25-3)8-6-15(16)22-18/h10-13H,4-9H2,1-3H3,(H3,19,20)/p+1. The van der Waals surface area contributed by atoms with Crippen molar-refractivity contribution in [1.29, 1.82) is 0 Å². The second-order valence-corrected chi connectivity index (χ2v) is 6.51. The molecule has 0 amide bonds. The fraction of sp³-hybridized carbons (Fsp3) is 0.556. The van der Waals surface area contributed by atoms with E-state index >= 15 is 0 Å². The maximum atomic E-state index is 5.92. The van der Waals surface area contributed by atoms with Crippen molar-refractivity contribution in [2.75, 3.05) is 26.8 Å². The normalized spacial score (nSPS) is 15.3. The third kappa shape index (κ3) is 5.94. The molecule has 1 aliphatic heterocycles. The average molecular weight is 345 g/mol. The van der Waals surface area contributed by atoms with Crippen molar-refractivity contribution in [3.05, 3.63) is 29.4 Å². The summed E-state index contributed by atoms with van der Waals surface area (Å²) < 4.78 is 7.37. The molecule has 0 unspecified atom stereocenters. The predicted octanol–water partition coefficient (Wildman–Crippen LogP) is 1.38. The van der Waals surface area contributed by atoms with E-state index in [1.54, 1.807) is 19.4 Å². The van der Waals surface area contributed by atoms with Gasteiger partial charge in [0.25, 0.3) is 0 Å². The maximum Gasteiger partial charge on any atom is 0.191 e. The van der Waals surface area contributed by atoms with Crippen LogP contribution in [0.5, 0.6) is 0 Å². The van der Waals surface area contributed by atoms with Crippen LogP contribution in [-0.2, 0) is 11.2 Å². The van der Waals surface area contributed by atoms with Crippen LogP contribution in [0.1, 0.15) is 38.1 Å². The number of amidine groups is 1. The molecule has 136 valence electrons. The Morgan fingerprint density at radius 3 is 2.92 bits per heavy atom. The molecule has 0 saturated heterocycles. The topological polar surface area (TPSA) is 102 Å². The number of allylic oxidation sites excluding steroid dienone is 1. The summed E-state index contributed by atoms with van der Waals surface area (Å²) in [6.45, 7) is 6.78. The molecular formula is C18H29N6O+. The van der Waals surface area contributed by atoms with Gasteiger partial charge >= 0.3 is 0 Å². The lowest BCUT2D eigenvalue weighted by atomic mass is 10.1. The van der Waals surface area contributed by atoms with E-state index in [4.69, 9.17) is 16.2 Å². The Bertz CT molecular complexity index is 678. The van der Waals surface area contributed by atoms with E-state index in [9.17, 15) is 0 Å². The number of rotatable bonds is 8. The molecule has 7 heteroatoms. The Hall–Kier alpha value is -2.28. The number of hydrogen-bond acceptors (Lipinski definition) is 5. The summed E-state index contributed by atoms with van der Waals surface area (Å²) in [5, 5.41) is 0. The number of aromatic nitrogens is 2. The van der Waals surface area contributed by atoms with Crippen LogP contribution < -0.4 is 11.5 Å². The molecule has 0 atom stereocenters. The quantitative estimate of drug-likeness (QED) is 0.321. The average Bonchev–Trinajstić information content (AvgIpc) is 2.58. The molecule has 0 saturated carbocycles. The van der Waals surface area contributed by atoms with Gasteiger partial charge in [-0.05, 0) is 18.4 Å². The van der Waals surface area contributed by atoms with Gasteiger partial charge in [0.15, 0.2) is 12.0 Å². The molecule has 0 aromatic carbocycles.